The number of methoxy groups -OCH3 is 1. The van der Waals surface area contributed by atoms with Crippen molar-refractivity contribution in [3.05, 3.63) is 40.1 Å². The number of carbonyl (C=O) groups excluding carboxylic acids is 1. The molecule has 4 rings (SSSR count). The van der Waals surface area contributed by atoms with Gasteiger partial charge in [-0.05, 0) is 30.2 Å². The molecular weight excluding hydrogens is 310 g/mol. The van der Waals surface area contributed by atoms with Crippen molar-refractivity contribution in [1.82, 2.24) is 14.5 Å². The summed E-state index contributed by atoms with van der Waals surface area (Å²) >= 11 is 1.55. The number of fused-ring (bicyclic) bond motifs is 1. The van der Waals surface area contributed by atoms with Gasteiger partial charge in [0, 0.05) is 37.2 Å². The number of imidazole rings is 1. The van der Waals surface area contributed by atoms with E-state index in [4.69, 9.17) is 4.74 Å². The number of amides is 1. The summed E-state index contributed by atoms with van der Waals surface area (Å²) in [6.45, 7) is 2.98. The normalized spacial score (nSPS) is 20.6. The average Bonchev–Trinajstić information content (AvgIpc) is 3.04. The van der Waals surface area contributed by atoms with Crippen molar-refractivity contribution in [3.63, 3.8) is 0 Å². The predicted molar refractivity (Wildman–Crippen MR) is 88.6 cm³/mol. The highest BCUT2D eigenvalue weighted by atomic mass is 32.1. The summed E-state index contributed by atoms with van der Waals surface area (Å²) in [6, 6.07) is 1.89. The van der Waals surface area contributed by atoms with Gasteiger partial charge in [-0.1, -0.05) is 0 Å². The van der Waals surface area contributed by atoms with E-state index in [0.29, 0.717) is 19.7 Å². The molecule has 23 heavy (non-hydrogen) atoms. The van der Waals surface area contributed by atoms with Crippen LogP contribution in [0.4, 0.5) is 0 Å². The molecule has 2 aliphatic rings. The fourth-order valence-corrected chi connectivity index (χ4v) is 4.03. The summed E-state index contributed by atoms with van der Waals surface area (Å²) in [6.07, 6.45) is 4.60. The fourth-order valence-electron chi connectivity index (χ4n) is 3.40. The van der Waals surface area contributed by atoms with Crippen LogP contribution in [0.15, 0.2) is 23.2 Å². The van der Waals surface area contributed by atoms with Crippen LogP contribution in [0.3, 0.4) is 0 Å². The molecule has 5 nitrogen and oxygen atoms in total. The van der Waals surface area contributed by atoms with Gasteiger partial charge < -0.3 is 14.2 Å². The lowest BCUT2D eigenvalue weighted by Gasteiger charge is -2.33. The Morgan fingerprint density at radius 2 is 2.35 bits per heavy atom. The van der Waals surface area contributed by atoms with Crippen molar-refractivity contribution in [2.75, 3.05) is 20.3 Å². The van der Waals surface area contributed by atoms with Gasteiger partial charge in [0.2, 0.25) is 0 Å². The number of hydrogen-bond acceptors (Lipinski definition) is 4. The second-order valence-electron chi connectivity index (χ2n) is 6.52. The first-order valence-corrected chi connectivity index (χ1v) is 9.05. The second kappa shape index (κ2) is 6.09. The maximum atomic E-state index is 12.7. The van der Waals surface area contributed by atoms with Crippen LogP contribution in [0.1, 0.15) is 40.5 Å². The molecular formula is C17H21N3O2S. The Bertz CT molecular complexity index is 691. The molecule has 3 heterocycles. The Kier molecular flexibility index (Phi) is 3.95. The molecule has 0 radical (unpaired) electrons. The van der Waals surface area contributed by atoms with E-state index >= 15 is 0 Å². The summed E-state index contributed by atoms with van der Waals surface area (Å²) in [4.78, 5) is 19.2. The van der Waals surface area contributed by atoms with Crippen LogP contribution in [0.25, 0.3) is 0 Å². The quantitative estimate of drug-likeness (QED) is 0.846. The number of carbonyl (C=O) groups is 1. The zero-order valence-electron chi connectivity index (χ0n) is 13.3. The minimum absolute atomic E-state index is 0.0924. The number of thiophene rings is 1. The molecule has 1 aliphatic carbocycles. The van der Waals surface area contributed by atoms with E-state index < -0.39 is 0 Å². The molecule has 0 saturated heterocycles. The first-order valence-electron chi connectivity index (χ1n) is 8.10. The van der Waals surface area contributed by atoms with Crippen LogP contribution in [0.5, 0.6) is 0 Å². The van der Waals surface area contributed by atoms with Crippen LogP contribution in [0.2, 0.25) is 0 Å². The van der Waals surface area contributed by atoms with Crippen molar-refractivity contribution in [2.24, 2.45) is 5.92 Å². The lowest BCUT2D eigenvalue weighted by atomic mass is 9.98. The number of nitrogens with zero attached hydrogens (tertiary/aromatic N) is 3. The third-order valence-electron chi connectivity index (χ3n) is 4.70. The van der Waals surface area contributed by atoms with Crippen LogP contribution >= 0.6 is 11.3 Å². The predicted octanol–water partition coefficient (Wildman–Crippen LogP) is 2.74. The third-order valence-corrected chi connectivity index (χ3v) is 5.38. The molecule has 0 N–H and O–H groups in total. The van der Waals surface area contributed by atoms with E-state index in [-0.39, 0.29) is 11.8 Å². The SMILES string of the molecule is COC[C@H]1CN(C(=O)c2ccsc2)Cc2ncn(CC3CC3)c21. The second-order valence-corrected chi connectivity index (χ2v) is 7.30. The highest BCUT2D eigenvalue weighted by molar-refractivity contribution is 7.08. The first-order chi connectivity index (χ1) is 11.3. The smallest absolute Gasteiger partial charge is 0.255 e. The molecule has 1 amide bonds. The molecule has 1 aliphatic heterocycles. The zero-order valence-corrected chi connectivity index (χ0v) is 14.1. The summed E-state index contributed by atoms with van der Waals surface area (Å²) < 4.78 is 7.72. The molecule has 1 saturated carbocycles. The topological polar surface area (TPSA) is 47.4 Å². The Labute approximate surface area is 139 Å². The van der Waals surface area contributed by atoms with E-state index in [2.05, 4.69) is 9.55 Å². The van der Waals surface area contributed by atoms with Gasteiger partial charge in [0.25, 0.3) is 5.91 Å². The third kappa shape index (κ3) is 2.93. The van der Waals surface area contributed by atoms with E-state index in [1.807, 2.05) is 28.1 Å². The fraction of sp³-hybridized carbons (Fsp3) is 0.529. The Balaban J connectivity index is 1.60. The first kappa shape index (κ1) is 14.9. The monoisotopic (exact) mass is 331 g/mol. The molecule has 2 aromatic rings. The van der Waals surface area contributed by atoms with Gasteiger partial charge in [-0.25, -0.2) is 4.98 Å². The van der Waals surface area contributed by atoms with Gasteiger partial charge in [-0.15, -0.1) is 0 Å². The number of ether oxygens (including phenoxy) is 1. The number of hydrogen-bond donors (Lipinski definition) is 0. The molecule has 0 spiro atoms. The van der Waals surface area contributed by atoms with E-state index in [1.165, 1.54) is 18.5 Å². The molecule has 122 valence electrons. The number of rotatable bonds is 5. The van der Waals surface area contributed by atoms with Crippen molar-refractivity contribution in [1.29, 1.82) is 0 Å². The van der Waals surface area contributed by atoms with Crippen LogP contribution in [-0.2, 0) is 17.8 Å². The van der Waals surface area contributed by atoms with Gasteiger partial charge in [-0.2, -0.15) is 11.3 Å². The van der Waals surface area contributed by atoms with Crippen LogP contribution in [-0.4, -0.2) is 40.6 Å². The molecule has 0 unspecified atom stereocenters. The molecule has 0 aromatic carbocycles. The highest BCUT2D eigenvalue weighted by Gasteiger charge is 2.33. The lowest BCUT2D eigenvalue weighted by molar-refractivity contribution is 0.0673. The van der Waals surface area contributed by atoms with Crippen molar-refractivity contribution >= 4 is 17.2 Å². The van der Waals surface area contributed by atoms with E-state index in [0.717, 1.165) is 23.7 Å². The van der Waals surface area contributed by atoms with Gasteiger partial charge in [0.15, 0.2) is 0 Å². The van der Waals surface area contributed by atoms with Crippen molar-refractivity contribution < 1.29 is 9.53 Å². The van der Waals surface area contributed by atoms with Crippen molar-refractivity contribution in [3.8, 4) is 0 Å². The zero-order chi connectivity index (χ0) is 15.8. The van der Waals surface area contributed by atoms with Gasteiger partial charge in [0.1, 0.15) is 0 Å². The standard InChI is InChI=1S/C17H21N3O2S/c1-22-9-14-7-19(17(21)13-4-5-23-10-13)8-15-16(14)20(11-18-15)6-12-2-3-12/h4-5,10-12,14H,2-3,6-9H2,1H3/t14-/m1/s1. The summed E-state index contributed by atoms with van der Waals surface area (Å²) in [5.41, 5.74) is 3.07. The largest absolute Gasteiger partial charge is 0.384 e. The van der Waals surface area contributed by atoms with Gasteiger partial charge in [0.05, 0.1) is 30.7 Å². The highest BCUT2D eigenvalue weighted by Crippen LogP contribution is 2.34. The number of aromatic nitrogens is 2. The maximum Gasteiger partial charge on any atom is 0.255 e. The summed E-state index contributed by atoms with van der Waals surface area (Å²) in [5.74, 6) is 1.10. The Hall–Kier alpha value is -1.66. The van der Waals surface area contributed by atoms with E-state index in [9.17, 15) is 4.79 Å². The maximum absolute atomic E-state index is 12.7. The molecule has 1 fully saturated rings. The molecule has 1 atom stereocenters. The van der Waals surface area contributed by atoms with Crippen molar-refractivity contribution in [2.45, 2.75) is 31.8 Å². The molecule has 0 bridgehead atoms. The summed E-state index contributed by atoms with van der Waals surface area (Å²) in [7, 11) is 1.72. The minimum atomic E-state index is 0.0924. The van der Waals surface area contributed by atoms with Gasteiger partial charge >= 0.3 is 0 Å². The Morgan fingerprint density at radius 1 is 1.48 bits per heavy atom. The van der Waals surface area contributed by atoms with Crippen LogP contribution < -0.4 is 0 Å². The average molecular weight is 331 g/mol. The molecule has 6 heteroatoms. The lowest BCUT2D eigenvalue weighted by Crippen LogP contribution is -2.40. The van der Waals surface area contributed by atoms with E-state index in [1.54, 1.807) is 18.4 Å². The Morgan fingerprint density at radius 3 is 3.04 bits per heavy atom. The van der Waals surface area contributed by atoms with Crippen LogP contribution in [0, 0.1) is 5.92 Å². The van der Waals surface area contributed by atoms with Gasteiger partial charge in [-0.3, -0.25) is 4.79 Å². The summed E-state index contributed by atoms with van der Waals surface area (Å²) in [5, 5.41) is 3.86. The molecule has 2 aromatic heterocycles. The minimum Gasteiger partial charge on any atom is -0.384 e.